The second kappa shape index (κ2) is 6.56. The van der Waals surface area contributed by atoms with Crippen molar-refractivity contribution in [1.29, 1.82) is 0 Å². The van der Waals surface area contributed by atoms with Gasteiger partial charge in [0.1, 0.15) is 0 Å². The molecule has 2 aromatic rings. The Morgan fingerprint density at radius 2 is 1.96 bits per heavy atom. The molecule has 0 spiro atoms. The second-order valence-corrected chi connectivity index (χ2v) is 8.27. The van der Waals surface area contributed by atoms with E-state index in [9.17, 15) is 4.79 Å². The van der Waals surface area contributed by atoms with Crippen LogP contribution >= 0.6 is 0 Å². The third kappa shape index (κ3) is 2.68. The highest BCUT2D eigenvalue weighted by atomic mass is 16.1. The summed E-state index contributed by atoms with van der Waals surface area (Å²) < 4.78 is 0. The molecule has 2 saturated carbocycles. The first-order valence-corrected chi connectivity index (χ1v) is 10.1. The summed E-state index contributed by atoms with van der Waals surface area (Å²) in [6, 6.07) is 17.4. The Balaban J connectivity index is 1.54. The number of hydrogen-bond acceptors (Lipinski definition) is 2. The molecule has 0 saturated heterocycles. The number of carbonyl (C=O) groups is 1. The van der Waals surface area contributed by atoms with Gasteiger partial charge in [-0.25, -0.2) is 0 Å². The van der Waals surface area contributed by atoms with Crippen molar-refractivity contribution < 1.29 is 4.79 Å². The van der Waals surface area contributed by atoms with E-state index >= 15 is 0 Å². The SMILES string of the molecule is C=CCNC(=O)c1ccc2c(c1)[C@H]1[C@@H]3CC[C@@H](C3)[C@@H]1[C@H](c1ccccc1)N2. The van der Waals surface area contributed by atoms with Crippen LogP contribution in [0.3, 0.4) is 0 Å². The van der Waals surface area contributed by atoms with Gasteiger partial charge in [-0.3, -0.25) is 4.79 Å². The number of hydrogen-bond donors (Lipinski definition) is 2. The number of carbonyl (C=O) groups excluding carboxylic acids is 1. The summed E-state index contributed by atoms with van der Waals surface area (Å²) in [4.78, 5) is 12.4. The van der Waals surface area contributed by atoms with Gasteiger partial charge in [-0.1, -0.05) is 36.4 Å². The number of anilines is 1. The lowest BCUT2D eigenvalue weighted by atomic mass is 9.68. The standard InChI is InChI=1S/C24H26N2O/c1-2-12-25-24(27)18-10-11-20-19(14-18)21-16-8-9-17(13-16)22(21)23(26-20)15-6-4-3-5-7-15/h2-7,10-11,14,16-17,21-23,26H,1,8-9,12-13H2,(H,25,27)/t16-,17+,21-,22+,23+/m1/s1. The molecule has 1 aliphatic heterocycles. The quantitative estimate of drug-likeness (QED) is 0.763. The minimum atomic E-state index is -0.0115. The molecule has 2 fully saturated rings. The average molecular weight is 358 g/mol. The summed E-state index contributed by atoms with van der Waals surface area (Å²) >= 11 is 0. The van der Waals surface area contributed by atoms with Crippen LogP contribution in [-0.4, -0.2) is 12.5 Å². The van der Waals surface area contributed by atoms with Gasteiger partial charge >= 0.3 is 0 Å². The lowest BCUT2D eigenvalue weighted by molar-refractivity contribution is 0.0957. The molecule has 0 aromatic heterocycles. The smallest absolute Gasteiger partial charge is 0.251 e. The molecule has 1 amide bonds. The van der Waals surface area contributed by atoms with E-state index in [1.54, 1.807) is 6.08 Å². The van der Waals surface area contributed by atoms with Gasteiger partial charge in [0.05, 0.1) is 6.04 Å². The van der Waals surface area contributed by atoms with Crippen molar-refractivity contribution in [1.82, 2.24) is 5.32 Å². The van der Waals surface area contributed by atoms with Gasteiger partial charge in [0.15, 0.2) is 0 Å². The molecule has 3 nitrogen and oxygen atoms in total. The van der Waals surface area contributed by atoms with Crippen LogP contribution < -0.4 is 10.6 Å². The molecule has 2 N–H and O–H groups in total. The molecule has 27 heavy (non-hydrogen) atoms. The molecule has 5 rings (SSSR count). The summed E-state index contributed by atoms with van der Waals surface area (Å²) in [7, 11) is 0. The molecule has 2 bridgehead atoms. The van der Waals surface area contributed by atoms with E-state index in [2.05, 4.69) is 59.7 Å². The first-order chi connectivity index (χ1) is 13.3. The minimum absolute atomic E-state index is 0.0115. The minimum Gasteiger partial charge on any atom is -0.378 e. The first-order valence-electron chi connectivity index (χ1n) is 10.1. The molecule has 2 aliphatic carbocycles. The van der Waals surface area contributed by atoms with E-state index < -0.39 is 0 Å². The molecule has 3 heteroatoms. The van der Waals surface area contributed by atoms with Crippen LogP contribution in [0.25, 0.3) is 0 Å². The second-order valence-electron chi connectivity index (χ2n) is 8.27. The van der Waals surface area contributed by atoms with E-state index in [1.807, 2.05) is 6.07 Å². The Hall–Kier alpha value is -2.55. The van der Waals surface area contributed by atoms with E-state index in [0.717, 1.165) is 17.4 Å². The normalized spacial score (nSPS) is 30.1. The summed E-state index contributed by atoms with van der Waals surface area (Å²) in [5, 5.41) is 6.74. The summed E-state index contributed by atoms with van der Waals surface area (Å²) in [6.07, 6.45) is 5.74. The van der Waals surface area contributed by atoms with Gasteiger partial charge in [-0.2, -0.15) is 0 Å². The maximum Gasteiger partial charge on any atom is 0.251 e. The highest BCUT2D eigenvalue weighted by Crippen LogP contribution is 2.63. The molecular weight excluding hydrogens is 332 g/mol. The van der Waals surface area contributed by atoms with Gasteiger partial charge in [-0.05, 0) is 72.3 Å². The molecule has 3 aliphatic rings. The van der Waals surface area contributed by atoms with Crippen LogP contribution in [0.15, 0.2) is 61.2 Å². The molecule has 5 atom stereocenters. The fraction of sp³-hybridized carbons (Fsp3) is 0.375. The van der Waals surface area contributed by atoms with Crippen LogP contribution in [0.1, 0.15) is 52.7 Å². The Morgan fingerprint density at radius 1 is 1.15 bits per heavy atom. The van der Waals surface area contributed by atoms with E-state index in [0.29, 0.717) is 24.4 Å². The van der Waals surface area contributed by atoms with Crippen molar-refractivity contribution in [3.05, 3.63) is 77.9 Å². The molecule has 138 valence electrons. The number of benzene rings is 2. The summed E-state index contributed by atoms with van der Waals surface area (Å²) in [5.41, 5.74) is 4.71. The van der Waals surface area contributed by atoms with Crippen molar-refractivity contribution in [2.75, 3.05) is 11.9 Å². The fourth-order valence-corrected chi connectivity index (χ4v) is 5.88. The number of fused-ring (bicyclic) bond motifs is 7. The van der Waals surface area contributed by atoms with Crippen molar-refractivity contribution >= 4 is 11.6 Å². The largest absolute Gasteiger partial charge is 0.378 e. The van der Waals surface area contributed by atoms with Crippen LogP contribution in [-0.2, 0) is 0 Å². The van der Waals surface area contributed by atoms with Gasteiger partial charge in [0, 0.05) is 17.8 Å². The molecule has 1 heterocycles. The average Bonchev–Trinajstić information content (AvgIpc) is 3.34. The van der Waals surface area contributed by atoms with Crippen molar-refractivity contribution in [2.45, 2.75) is 31.2 Å². The highest BCUT2D eigenvalue weighted by Gasteiger charge is 2.53. The maximum absolute atomic E-state index is 12.4. The van der Waals surface area contributed by atoms with Crippen LogP contribution in [0.5, 0.6) is 0 Å². The Morgan fingerprint density at radius 3 is 2.78 bits per heavy atom. The molecule has 2 aromatic carbocycles. The highest BCUT2D eigenvalue weighted by molar-refractivity contribution is 5.95. The predicted octanol–water partition coefficient (Wildman–Crippen LogP) is 4.90. The van der Waals surface area contributed by atoms with Gasteiger partial charge < -0.3 is 10.6 Å². The van der Waals surface area contributed by atoms with Crippen molar-refractivity contribution in [2.24, 2.45) is 17.8 Å². The topological polar surface area (TPSA) is 41.1 Å². The first kappa shape index (κ1) is 16.6. The third-order valence-corrected chi connectivity index (χ3v) is 6.92. The zero-order chi connectivity index (χ0) is 18.4. The van der Waals surface area contributed by atoms with Gasteiger partial charge in [-0.15, -0.1) is 6.58 Å². The zero-order valence-electron chi connectivity index (χ0n) is 15.5. The van der Waals surface area contributed by atoms with Gasteiger partial charge in [0.25, 0.3) is 5.91 Å². The lowest BCUT2D eigenvalue weighted by Gasteiger charge is -2.43. The van der Waals surface area contributed by atoms with Gasteiger partial charge in [0.2, 0.25) is 0 Å². The maximum atomic E-state index is 12.4. The van der Waals surface area contributed by atoms with E-state index in [4.69, 9.17) is 0 Å². The number of nitrogens with one attached hydrogen (secondary N) is 2. The zero-order valence-corrected chi connectivity index (χ0v) is 15.5. The van der Waals surface area contributed by atoms with Crippen LogP contribution in [0.2, 0.25) is 0 Å². The lowest BCUT2D eigenvalue weighted by Crippen LogP contribution is -2.35. The molecular formula is C24H26N2O. The Bertz CT molecular complexity index is 875. The van der Waals surface area contributed by atoms with Crippen molar-refractivity contribution in [3.63, 3.8) is 0 Å². The summed E-state index contributed by atoms with van der Waals surface area (Å²) in [5.74, 6) is 2.74. The van der Waals surface area contributed by atoms with E-state index in [1.165, 1.54) is 36.1 Å². The Kier molecular flexibility index (Phi) is 4.04. The Labute approximate surface area is 160 Å². The number of amides is 1. The van der Waals surface area contributed by atoms with Crippen molar-refractivity contribution in [3.8, 4) is 0 Å². The monoisotopic (exact) mass is 358 g/mol. The molecule has 0 radical (unpaired) electrons. The summed E-state index contributed by atoms with van der Waals surface area (Å²) in [6.45, 7) is 4.18. The van der Waals surface area contributed by atoms with Crippen LogP contribution in [0.4, 0.5) is 5.69 Å². The predicted molar refractivity (Wildman–Crippen MR) is 109 cm³/mol. The molecule has 0 unspecified atom stereocenters. The van der Waals surface area contributed by atoms with Crippen LogP contribution in [0, 0.1) is 17.8 Å². The number of rotatable bonds is 4. The third-order valence-electron chi connectivity index (χ3n) is 6.92. The fourth-order valence-electron chi connectivity index (χ4n) is 5.88. The van der Waals surface area contributed by atoms with E-state index in [-0.39, 0.29) is 5.91 Å².